The molecular weight excluding hydrogens is 550 g/mol. The maximum atomic E-state index is 11.8. The van der Waals surface area contributed by atoms with Crippen molar-refractivity contribution in [3.8, 4) is 11.5 Å². The van der Waals surface area contributed by atoms with E-state index >= 15 is 0 Å². The fraction of sp³-hybridized carbons (Fsp3) is 0.324. The highest BCUT2D eigenvalue weighted by atomic mass is 32.1. The Morgan fingerprint density at radius 3 is 2.57 bits per heavy atom. The van der Waals surface area contributed by atoms with Gasteiger partial charge in [-0.1, -0.05) is 43.0 Å². The van der Waals surface area contributed by atoms with E-state index in [9.17, 15) is 9.90 Å². The van der Waals surface area contributed by atoms with Gasteiger partial charge in [0.25, 0.3) is 0 Å². The van der Waals surface area contributed by atoms with Crippen LogP contribution in [-0.4, -0.2) is 55.1 Å². The molecule has 1 aromatic heterocycles. The van der Waals surface area contributed by atoms with Crippen LogP contribution in [0, 0.1) is 0 Å². The van der Waals surface area contributed by atoms with Crippen molar-refractivity contribution in [2.75, 3.05) is 32.9 Å². The van der Waals surface area contributed by atoms with E-state index in [0.29, 0.717) is 52.5 Å². The molecule has 3 aromatic carbocycles. The first-order valence-electron chi connectivity index (χ1n) is 14.3. The monoisotopic (exact) mass is 587 g/mol. The maximum absolute atomic E-state index is 11.8. The Morgan fingerprint density at radius 2 is 1.79 bits per heavy atom. The molecule has 1 saturated heterocycles. The van der Waals surface area contributed by atoms with Gasteiger partial charge < -0.3 is 29.0 Å². The number of piperidine rings is 1. The van der Waals surface area contributed by atoms with E-state index in [1.807, 2.05) is 30.3 Å². The number of fused-ring (bicyclic) bond motifs is 1. The number of amides is 1. The number of thiophene rings is 1. The van der Waals surface area contributed by atoms with Crippen LogP contribution < -0.4 is 9.47 Å². The molecule has 2 unspecified atom stereocenters. The predicted octanol–water partition coefficient (Wildman–Crippen LogP) is 7.50. The predicted molar refractivity (Wildman–Crippen MR) is 166 cm³/mol. The molecule has 1 N–H and O–H groups in total. The van der Waals surface area contributed by atoms with Crippen molar-refractivity contribution in [1.29, 1.82) is 0 Å². The third-order valence-corrected chi connectivity index (χ3v) is 8.13. The Bertz CT molecular complexity index is 1440. The third-order valence-electron chi connectivity index (χ3n) is 7.40. The van der Waals surface area contributed by atoms with Crippen molar-refractivity contribution in [3.05, 3.63) is 107 Å². The van der Waals surface area contributed by atoms with Gasteiger partial charge in [-0.05, 0) is 81.0 Å². The van der Waals surface area contributed by atoms with Gasteiger partial charge >= 0.3 is 6.09 Å². The fourth-order valence-electron chi connectivity index (χ4n) is 5.18. The van der Waals surface area contributed by atoms with Gasteiger partial charge in [-0.15, -0.1) is 0 Å². The number of nitrogens with zero attached hydrogens (tertiary/aromatic N) is 1. The molecule has 2 heterocycles. The van der Waals surface area contributed by atoms with Gasteiger partial charge in [-0.3, -0.25) is 0 Å². The summed E-state index contributed by atoms with van der Waals surface area (Å²) < 4.78 is 23.7. The molecule has 4 aromatic rings. The van der Waals surface area contributed by atoms with Gasteiger partial charge in [-0.2, -0.15) is 11.3 Å². The van der Waals surface area contributed by atoms with Crippen molar-refractivity contribution in [2.24, 2.45) is 0 Å². The first-order chi connectivity index (χ1) is 20.6. The van der Waals surface area contributed by atoms with Gasteiger partial charge in [0.1, 0.15) is 18.1 Å². The molecule has 0 spiro atoms. The zero-order valence-corrected chi connectivity index (χ0v) is 24.5. The molecule has 0 saturated carbocycles. The number of hydrogen-bond donors (Lipinski definition) is 1. The minimum absolute atomic E-state index is 0.0829. The summed E-state index contributed by atoms with van der Waals surface area (Å²) in [6.07, 6.45) is 2.05. The second kappa shape index (κ2) is 14.9. The first-order valence-corrected chi connectivity index (χ1v) is 15.2. The lowest BCUT2D eigenvalue weighted by molar-refractivity contribution is -0.0199. The number of hydrogen-bond acceptors (Lipinski definition) is 6. The number of likely N-dealkylation sites (tertiary alicyclic amines) is 1. The minimum Gasteiger partial charge on any atom is -0.494 e. The summed E-state index contributed by atoms with van der Waals surface area (Å²) >= 11 is 1.67. The Hall–Kier alpha value is -3.85. The molecule has 5 rings (SSSR count). The van der Waals surface area contributed by atoms with Crippen molar-refractivity contribution < 1.29 is 28.8 Å². The van der Waals surface area contributed by atoms with Gasteiger partial charge in [-0.25, -0.2) is 4.79 Å². The third kappa shape index (κ3) is 8.12. The smallest absolute Gasteiger partial charge is 0.407 e. The van der Waals surface area contributed by atoms with Gasteiger partial charge in [0, 0.05) is 18.9 Å². The quantitative estimate of drug-likeness (QED) is 0.122. The number of ether oxygens (including phenoxy) is 4. The number of carboxylic acid groups (broad SMARTS) is 1. The molecule has 1 amide bonds. The number of benzene rings is 3. The Kier molecular flexibility index (Phi) is 10.5. The van der Waals surface area contributed by atoms with Gasteiger partial charge in [0.15, 0.2) is 0 Å². The highest BCUT2D eigenvalue weighted by Crippen LogP contribution is 2.33. The molecule has 1 aliphatic rings. The summed E-state index contributed by atoms with van der Waals surface area (Å²) in [5.41, 5.74) is 3.35. The summed E-state index contributed by atoms with van der Waals surface area (Å²) in [7, 11) is 0. The van der Waals surface area contributed by atoms with Crippen molar-refractivity contribution in [1.82, 2.24) is 4.90 Å². The molecule has 220 valence electrons. The average molecular weight is 588 g/mol. The summed E-state index contributed by atoms with van der Waals surface area (Å²) in [5.74, 6) is 1.68. The van der Waals surface area contributed by atoms with Crippen LogP contribution in [0.1, 0.15) is 35.4 Å². The summed E-state index contributed by atoms with van der Waals surface area (Å²) in [5, 5.41) is 16.0. The van der Waals surface area contributed by atoms with E-state index in [1.165, 1.54) is 10.5 Å². The van der Waals surface area contributed by atoms with Gasteiger partial charge in [0.2, 0.25) is 0 Å². The Morgan fingerprint density at radius 1 is 0.952 bits per heavy atom. The van der Waals surface area contributed by atoms with Crippen molar-refractivity contribution in [3.63, 3.8) is 0 Å². The van der Waals surface area contributed by atoms with Crippen LogP contribution in [0.4, 0.5) is 4.79 Å². The van der Waals surface area contributed by atoms with Crippen LogP contribution >= 0.6 is 11.3 Å². The van der Waals surface area contributed by atoms with Crippen LogP contribution in [0.15, 0.2) is 90.1 Å². The topological polar surface area (TPSA) is 77.5 Å². The summed E-state index contributed by atoms with van der Waals surface area (Å²) in [4.78, 5) is 13.2. The van der Waals surface area contributed by atoms with Crippen molar-refractivity contribution in [2.45, 2.75) is 38.1 Å². The van der Waals surface area contributed by atoms with E-state index < -0.39 is 6.09 Å². The molecule has 1 fully saturated rings. The average Bonchev–Trinajstić information content (AvgIpc) is 3.54. The lowest BCUT2D eigenvalue weighted by Crippen LogP contribution is -2.46. The van der Waals surface area contributed by atoms with E-state index in [-0.39, 0.29) is 12.0 Å². The molecule has 8 heteroatoms. The highest BCUT2D eigenvalue weighted by Gasteiger charge is 2.33. The van der Waals surface area contributed by atoms with Crippen LogP contribution in [0.5, 0.6) is 11.5 Å². The second-order valence-electron chi connectivity index (χ2n) is 10.4. The van der Waals surface area contributed by atoms with Crippen LogP contribution in [0.3, 0.4) is 0 Å². The SMILES string of the molecule is C=CCOc1ccc2ccc(COC3CN(C(=O)O)CCC3c3ccc(OCCCOCc4ccsc4)cc3)cc2c1. The molecular formula is C34H37NO6S. The zero-order valence-electron chi connectivity index (χ0n) is 23.7. The molecule has 42 heavy (non-hydrogen) atoms. The first kappa shape index (κ1) is 29.6. The van der Waals surface area contributed by atoms with Crippen LogP contribution in [0.2, 0.25) is 0 Å². The number of rotatable bonds is 14. The van der Waals surface area contributed by atoms with E-state index in [1.54, 1.807) is 17.4 Å². The molecule has 2 atom stereocenters. The molecule has 1 aliphatic heterocycles. The largest absolute Gasteiger partial charge is 0.494 e. The summed E-state index contributed by atoms with van der Waals surface area (Å²) in [6, 6.07) is 22.4. The van der Waals surface area contributed by atoms with Gasteiger partial charge in [0.05, 0.1) is 39.1 Å². The lowest BCUT2D eigenvalue weighted by Gasteiger charge is -2.37. The standard InChI is InChI=1S/C34H37NO6S/c1-2-15-39-31-11-6-27-5-4-25(19-29(27)20-31)23-41-33-21-35(34(36)37)14-12-32(33)28-7-9-30(10-8-28)40-17-3-16-38-22-26-13-18-42-24-26/h2,4-11,13,18-20,24,32-33H,1,3,12,14-17,21-23H2,(H,36,37). The zero-order chi connectivity index (χ0) is 29.1. The van der Waals surface area contributed by atoms with E-state index in [2.05, 4.69) is 53.7 Å². The number of carbonyl (C=O) groups is 1. The minimum atomic E-state index is -0.914. The molecule has 7 nitrogen and oxygen atoms in total. The van der Waals surface area contributed by atoms with Crippen LogP contribution in [-0.2, 0) is 22.7 Å². The molecule has 0 radical (unpaired) electrons. The van der Waals surface area contributed by atoms with Crippen molar-refractivity contribution >= 4 is 28.2 Å². The lowest BCUT2D eigenvalue weighted by atomic mass is 9.87. The maximum Gasteiger partial charge on any atom is 0.407 e. The van der Waals surface area contributed by atoms with Crippen LogP contribution in [0.25, 0.3) is 10.8 Å². The van der Waals surface area contributed by atoms with E-state index in [0.717, 1.165) is 39.8 Å². The summed E-state index contributed by atoms with van der Waals surface area (Å²) in [6.45, 7) is 7.22. The molecule has 0 bridgehead atoms. The second-order valence-corrected chi connectivity index (χ2v) is 11.2. The Labute approximate surface area is 250 Å². The fourth-order valence-corrected chi connectivity index (χ4v) is 5.83. The highest BCUT2D eigenvalue weighted by molar-refractivity contribution is 7.07. The Balaban J connectivity index is 1.17. The normalized spacial score (nSPS) is 16.8. The molecule has 0 aliphatic carbocycles. The van der Waals surface area contributed by atoms with E-state index in [4.69, 9.17) is 18.9 Å².